The molecule has 0 aliphatic carbocycles. The maximum atomic E-state index is 9.87. The summed E-state index contributed by atoms with van der Waals surface area (Å²) in [5, 5.41) is 0. The Hall–Kier alpha value is -0.213. The van der Waals surface area contributed by atoms with Crippen LogP contribution >= 0.6 is 0 Å². The lowest BCUT2D eigenvalue weighted by atomic mass is 11.7. The summed E-state index contributed by atoms with van der Waals surface area (Å²) >= 11 is 0. The fourth-order valence-corrected chi connectivity index (χ4v) is 1.44. The van der Waals surface area contributed by atoms with Crippen LogP contribution in [0.2, 0.25) is 0 Å². The van der Waals surface area contributed by atoms with Gasteiger partial charge in [0.2, 0.25) is 10.3 Å². The lowest BCUT2D eigenvalue weighted by molar-refractivity contribution is 0.202. The molecule has 0 unspecified atom stereocenters. The first-order valence-corrected chi connectivity index (χ1v) is 4.88. The zero-order valence-electron chi connectivity index (χ0n) is 5.60. The average molecular weight is 184 g/mol. The third-order valence-corrected chi connectivity index (χ3v) is 2.22. The van der Waals surface area contributed by atoms with Gasteiger partial charge in [-0.25, -0.2) is 0 Å². The Balaban J connectivity index is 3.76. The van der Waals surface area contributed by atoms with Crippen molar-refractivity contribution in [1.29, 1.82) is 0 Å². The molecule has 7 heteroatoms. The van der Waals surface area contributed by atoms with Crippen LogP contribution in [0.15, 0.2) is 0 Å². The normalized spacial score (nSPS) is 9.90. The van der Waals surface area contributed by atoms with Crippen molar-refractivity contribution in [3.63, 3.8) is 0 Å². The van der Waals surface area contributed by atoms with Gasteiger partial charge in [-0.2, -0.15) is 8.42 Å². The summed E-state index contributed by atoms with van der Waals surface area (Å²) < 4.78 is 33.6. The van der Waals surface area contributed by atoms with Crippen LogP contribution in [0, 0.1) is 0 Å². The van der Waals surface area contributed by atoms with Gasteiger partial charge in [-0.3, -0.25) is 0 Å². The van der Waals surface area contributed by atoms with Gasteiger partial charge in [0.25, 0.3) is 0 Å². The molecular formula is C3H8O5SSi. The molecule has 0 fully saturated rings. The SMILES string of the molecule is CO[SiH](OC)OC=S(=O)=O. The van der Waals surface area contributed by atoms with E-state index in [1.54, 1.807) is 0 Å². The van der Waals surface area contributed by atoms with E-state index in [-0.39, 0.29) is 0 Å². The summed E-state index contributed by atoms with van der Waals surface area (Å²) in [7, 11) is -1.73. The minimum atomic E-state index is -2.31. The van der Waals surface area contributed by atoms with Crippen LogP contribution in [-0.4, -0.2) is 37.7 Å². The van der Waals surface area contributed by atoms with E-state index < -0.39 is 19.8 Å². The zero-order valence-corrected chi connectivity index (χ0v) is 7.58. The molecule has 60 valence electrons. The molecule has 0 rings (SSSR count). The molecule has 0 aliphatic heterocycles. The highest BCUT2D eigenvalue weighted by Crippen LogP contribution is 1.82. The lowest BCUT2D eigenvalue weighted by Crippen LogP contribution is -2.23. The topological polar surface area (TPSA) is 61.8 Å². The maximum Gasteiger partial charge on any atom is 0.488 e. The highest BCUT2D eigenvalue weighted by molar-refractivity contribution is 7.71. The van der Waals surface area contributed by atoms with Crippen LogP contribution < -0.4 is 0 Å². The molecule has 0 N–H and O–H groups in total. The van der Waals surface area contributed by atoms with Crippen molar-refractivity contribution in [3.05, 3.63) is 0 Å². The molecule has 5 nitrogen and oxygen atoms in total. The van der Waals surface area contributed by atoms with E-state index in [1.165, 1.54) is 14.2 Å². The molecule has 0 saturated carbocycles. The van der Waals surface area contributed by atoms with Crippen molar-refractivity contribution < 1.29 is 21.7 Å². The van der Waals surface area contributed by atoms with Crippen molar-refractivity contribution in [2.45, 2.75) is 0 Å². The second-order valence-corrected chi connectivity index (χ2v) is 3.76. The standard InChI is InChI=1S/C3H8O5SSi/c1-6-10(7-2)8-3-9(4)5/h3,10H,1-2H3. The fourth-order valence-electron chi connectivity index (χ4n) is 0.298. The van der Waals surface area contributed by atoms with Crippen molar-refractivity contribution in [1.82, 2.24) is 0 Å². The smallest absolute Gasteiger partial charge is 0.379 e. The van der Waals surface area contributed by atoms with E-state index in [0.29, 0.717) is 5.55 Å². The average Bonchev–Trinajstić information content (AvgIpc) is 1.90. The third-order valence-electron chi connectivity index (χ3n) is 0.630. The van der Waals surface area contributed by atoms with Gasteiger partial charge < -0.3 is 13.3 Å². The Morgan fingerprint density at radius 1 is 1.30 bits per heavy atom. The zero-order chi connectivity index (χ0) is 7.98. The molecule has 0 saturated heterocycles. The molecule has 0 atom stereocenters. The van der Waals surface area contributed by atoms with E-state index in [4.69, 9.17) is 0 Å². The van der Waals surface area contributed by atoms with Crippen LogP contribution in [0.3, 0.4) is 0 Å². The second-order valence-electron chi connectivity index (χ2n) is 1.25. The van der Waals surface area contributed by atoms with Gasteiger partial charge in [-0.05, 0) is 0 Å². The molecule has 0 aromatic rings. The van der Waals surface area contributed by atoms with Crippen LogP contribution in [-0.2, 0) is 23.6 Å². The lowest BCUT2D eigenvalue weighted by Gasteiger charge is -2.04. The molecule has 0 amide bonds. The summed E-state index contributed by atoms with van der Waals surface area (Å²) in [5.74, 6) is 0. The predicted molar refractivity (Wildman–Crippen MR) is 37.2 cm³/mol. The van der Waals surface area contributed by atoms with E-state index in [9.17, 15) is 8.42 Å². The minimum Gasteiger partial charge on any atom is -0.379 e. The highest BCUT2D eigenvalue weighted by atomic mass is 32.2. The maximum absolute atomic E-state index is 9.87. The van der Waals surface area contributed by atoms with E-state index in [0.717, 1.165) is 0 Å². The Labute approximate surface area is 62.0 Å². The van der Waals surface area contributed by atoms with Crippen molar-refractivity contribution in [2.24, 2.45) is 0 Å². The molecule has 0 heterocycles. The van der Waals surface area contributed by atoms with Crippen molar-refractivity contribution in [2.75, 3.05) is 14.2 Å². The molecule has 0 radical (unpaired) electrons. The second kappa shape index (κ2) is 5.56. The van der Waals surface area contributed by atoms with Crippen molar-refractivity contribution in [3.8, 4) is 0 Å². The van der Waals surface area contributed by atoms with E-state index in [2.05, 4.69) is 13.3 Å². The highest BCUT2D eigenvalue weighted by Gasteiger charge is 2.08. The monoisotopic (exact) mass is 184 g/mol. The Kier molecular flexibility index (Phi) is 5.44. The van der Waals surface area contributed by atoms with Crippen LogP contribution in [0.25, 0.3) is 0 Å². The van der Waals surface area contributed by atoms with Crippen LogP contribution in [0.1, 0.15) is 0 Å². The Morgan fingerprint density at radius 3 is 2.10 bits per heavy atom. The summed E-state index contributed by atoms with van der Waals surface area (Å²) in [6.45, 7) is 0. The molecule has 0 spiro atoms. The molecule has 0 bridgehead atoms. The summed E-state index contributed by atoms with van der Waals surface area (Å²) in [5.41, 5.74) is 0.657. The third kappa shape index (κ3) is 4.65. The molecular weight excluding hydrogens is 176 g/mol. The number of rotatable bonds is 4. The number of hydrogen-bond donors (Lipinski definition) is 0. The molecule has 0 aliphatic rings. The van der Waals surface area contributed by atoms with Gasteiger partial charge in [0, 0.05) is 14.2 Å². The van der Waals surface area contributed by atoms with Gasteiger partial charge in [0.05, 0.1) is 0 Å². The summed E-state index contributed by atoms with van der Waals surface area (Å²) in [6.07, 6.45) is 0. The summed E-state index contributed by atoms with van der Waals surface area (Å²) in [4.78, 5) is 0. The fraction of sp³-hybridized carbons (Fsp3) is 0.667. The van der Waals surface area contributed by atoms with E-state index in [1.807, 2.05) is 0 Å². The first-order chi connectivity index (χ1) is 4.70. The van der Waals surface area contributed by atoms with Gasteiger partial charge in [0.15, 0.2) is 5.55 Å². The quantitative estimate of drug-likeness (QED) is 0.399. The predicted octanol–water partition coefficient (Wildman–Crippen LogP) is -1.35. The minimum absolute atomic E-state index is 0.657. The van der Waals surface area contributed by atoms with Gasteiger partial charge in [-0.1, -0.05) is 0 Å². The largest absolute Gasteiger partial charge is 0.488 e. The van der Waals surface area contributed by atoms with Gasteiger partial charge in [-0.15, -0.1) is 0 Å². The summed E-state index contributed by atoms with van der Waals surface area (Å²) in [6, 6.07) is 0. The van der Waals surface area contributed by atoms with Crippen LogP contribution in [0.5, 0.6) is 0 Å². The van der Waals surface area contributed by atoms with E-state index >= 15 is 0 Å². The van der Waals surface area contributed by atoms with Crippen LogP contribution in [0.4, 0.5) is 0 Å². The first-order valence-electron chi connectivity index (χ1n) is 2.33. The molecule has 0 aromatic heterocycles. The Morgan fingerprint density at radius 2 is 1.80 bits per heavy atom. The van der Waals surface area contributed by atoms with Crippen molar-refractivity contribution >= 4 is 25.4 Å². The molecule has 10 heavy (non-hydrogen) atoms. The van der Waals surface area contributed by atoms with Gasteiger partial charge in [0.1, 0.15) is 0 Å². The number of hydrogen-bond acceptors (Lipinski definition) is 5. The first kappa shape index (κ1) is 9.79. The Bertz CT molecular complexity index is 185. The molecule has 0 aromatic carbocycles. The van der Waals surface area contributed by atoms with Gasteiger partial charge >= 0.3 is 9.53 Å².